The molecule has 0 radical (unpaired) electrons. The second kappa shape index (κ2) is 2.66. The van der Waals surface area contributed by atoms with Crippen LogP contribution < -0.4 is 5.56 Å². The van der Waals surface area contributed by atoms with Gasteiger partial charge in [-0.1, -0.05) is 0 Å². The lowest BCUT2D eigenvalue weighted by Crippen LogP contribution is -2.09. The first-order chi connectivity index (χ1) is 6.58. The summed E-state index contributed by atoms with van der Waals surface area (Å²) in [4.78, 5) is 23.3. The van der Waals surface area contributed by atoms with E-state index in [0.717, 1.165) is 0 Å². The number of aromatic amines is 1. The molecule has 0 saturated heterocycles. The average molecular weight is 194 g/mol. The van der Waals surface area contributed by atoms with Gasteiger partial charge in [0.1, 0.15) is 0 Å². The van der Waals surface area contributed by atoms with E-state index in [2.05, 4.69) is 10.1 Å². The quantitative estimate of drug-likeness (QED) is 0.519. The minimum absolute atomic E-state index is 0.282. The van der Waals surface area contributed by atoms with E-state index in [0.29, 0.717) is 11.3 Å². The Labute approximate surface area is 77.1 Å². The van der Waals surface area contributed by atoms with Gasteiger partial charge >= 0.3 is 5.82 Å². The first kappa shape index (κ1) is 8.42. The Morgan fingerprint density at radius 3 is 2.93 bits per heavy atom. The highest BCUT2D eigenvalue weighted by Crippen LogP contribution is 2.10. The van der Waals surface area contributed by atoms with Crippen LogP contribution in [0.4, 0.5) is 5.82 Å². The average Bonchev–Trinajstić information content (AvgIpc) is 2.47. The third kappa shape index (κ3) is 1.15. The lowest BCUT2D eigenvalue weighted by molar-refractivity contribution is -0.389. The minimum atomic E-state index is -0.606. The maximum absolute atomic E-state index is 11.0. The van der Waals surface area contributed by atoms with Crippen LogP contribution >= 0.6 is 0 Å². The molecule has 2 aromatic heterocycles. The highest BCUT2D eigenvalue weighted by atomic mass is 16.6. The van der Waals surface area contributed by atoms with Gasteiger partial charge in [-0.05, 0) is 11.8 Å². The zero-order chi connectivity index (χ0) is 10.3. The van der Waals surface area contributed by atoms with E-state index in [1.54, 1.807) is 6.92 Å². The molecule has 7 heteroatoms. The fourth-order valence-corrected chi connectivity index (χ4v) is 1.23. The third-order valence-corrected chi connectivity index (χ3v) is 1.81. The van der Waals surface area contributed by atoms with E-state index < -0.39 is 4.92 Å². The molecule has 0 atom stereocenters. The van der Waals surface area contributed by atoms with E-state index in [-0.39, 0.29) is 11.4 Å². The Bertz CT molecular complexity index is 568. The van der Waals surface area contributed by atoms with E-state index in [4.69, 9.17) is 0 Å². The molecule has 2 aromatic rings. The van der Waals surface area contributed by atoms with Crippen LogP contribution in [0.1, 0.15) is 5.69 Å². The van der Waals surface area contributed by atoms with Crippen molar-refractivity contribution in [3.8, 4) is 0 Å². The van der Waals surface area contributed by atoms with Crippen molar-refractivity contribution in [1.29, 1.82) is 0 Å². The van der Waals surface area contributed by atoms with Gasteiger partial charge in [-0.25, -0.2) is 0 Å². The lowest BCUT2D eigenvalue weighted by Gasteiger charge is -1.90. The Kier molecular flexibility index (Phi) is 1.60. The molecule has 2 heterocycles. The van der Waals surface area contributed by atoms with Crippen molar-refractivity contribution < 1.29 is 4.92 Å². The van der Waals surface area contributed by atoms with Crippen molar-refractivity contribution in [2.24, 2.45) is 0 Å². The monoisotopic (exact) mass is 194 g/mol. The van der Waals surface area contributed by atoms with Gasteiger partial charge in [0.25, 0.3) is 5.56 Å². The predicted molar refractivity (Wildman–Crippen MR) is 47.2 cm³/mol. The van der Waals surface area contributed by atoms with E-state index in [1.807, 2.05) is 0 Å². The predicted octanol–water partition coefficient (Wildman–Crippen LogP) is 0.239. The second-order valence-corrected chi connectivity index (χ2v) is 2.83. The van der Waals surface area contributed by atoms with Crippen LogP contribution in [0.5, 0.6) is 0 Å². The van der Waals surface area contributed by atoms with Crippen LogP contribution in [-0.2, 0) is 0 Å². The molecule has 72 valence electrons. The number of H-pyrrole nitrogens is 1. The van der Waals surface area contributed by atoms with Crippen LogP contribution in [-0.4, -0.2) is 19.5 Å². The molecule has 0 bridgehead atoms. The maximum atomic E-state index is 11.0. The number of nitrogens with one attached hydrogen (secondary N) is 1. The normalized spacial score (nSPS) is 10.6. The maximum Gasteiger partial charge on any atom is 0.392 e. The fourth-order valence-electron chi connectivity index (χ4n) is 1.23. The molecule has 0 aliphatic rings. The van der Waals surface area contributed by atoms with Crippen molar-refractivity contribution in [1.82, 2.24) is 14.6 Å². The lowest BCUT2D eigenvalue weighted by atomic mass is 10.4. The summed E-state index contributed by atoms with van der Waals surface area (Å²) < 4.78 is 1.32. The number of aryl methyl sites for hydroxylation is 1. The second-order valence-electron chi connectivity index (χ2n) is 2.83. The van der Waals surface area contributed by atoms with Gasteiger partial charge in [0.05, 0.1) is 16.9 Å². The highest BCUT2D eigenvalue weighted by Gasteiger charge is 2.14. The molecular formula is C7H6N4O3. The van der Waals surface area contributed by atoms with Gasteiger partial charge in [-0.15, -0.1) is 4.52 Å². The van der Waals surface area contributed by atoms with Crippen molar-refractivity contribution in [3.05, 3.63) is 38.3 Å². The van der Waals surface area contributed by atoms with Gasteiger partial charge < -0.3 is 15.1 Å². The zero-order valence-corrected chi connectivity index (χ0v) is 7.22. The molecule has 0 aliphatic carbocycles. The number of hydrogen-bond acceptors (Lipinski definition) is 4. The standard InChI is InChI=1S/C7H6N4O3/c1-4-2-7(12)8-5-3-6(11(13)14)9-10(4)5/h2-3H,1H3,(H,8,12). The van der Waals surface area contributed by atoms with Gasteiger partial charge in [-0.2, -0.15) is 0 Å². The smallest absolute Gasteiger partial charge is 0.358 e. The van der Waals surface area contributed by atoms with Crippen molar-refractivity contribution >= 4 is 11.5 Å². The highest BCUT2D eigenvalue weighted by molar-refractivity contribution is 5.44. The van der Waals surface area contributed by atoms with Gasteiger partial charge in [0, 0.05) is 6.07 Å². The number of nitrogens with zero attached hydrogens (tertiary/aromatic N) is 3. The molecule has 0 aliphatic heterocycles. The fraction of sp³-hybridized carbons (Fsp3) is 0.143. The van der Waals surface area contributed by atoms with E-state index >= 15 is 0 Å². The number of aromatic nitrogens is 3. The van der Waals surface area contributed by atoms with Gasteiger partial charge in [0.15, 0.2) is 5.65 Å². The number of hydrogen-bond donors (Lipinski definition) is 1. The summed E-state index contributed by atoms with van der Waals surface area (Å²) in [6, 6.07) is 2.54. The summed E-state index contributed by atoms with van der Waals surface area (Å²) in [6.45, 7) is 1.65. The molecule has 0 spiro atoms. The summed E-state index contributed by atoms with van der Waals surface area (Å²) in [6.07, 6.45) is 0. The minimum Gasteiger partial charge on any atom is -0.358 e. The van der Waals surface area contributed by atoms with Crippen LogP contribution in [0, 0.1) is 17.0 Å². The summed E-state index contributed by atoms with van der Waals surface area (Å²) in [7, 11) is 0. The summed E-state index contributed by atoms with van der Waals surface area (Å²) in [5.41, 5.74) is 0.573. The molecule has 14 heavy (non-hydrogen) atoms. The molecule has 2 rings (SSSR count). The van der Waals surface area contributed by atoms with Gasteiger partial charge in [-0.3, -0.25) is 4.79 Å². The molecule has 0 aromatic carbocycles. The van der Waals surface area contributed by atoms with E-state index in [9.17, 15) is 14.9 Å². The van der Waals surface area contributed by atoms with Crippen molar-refractivity contribution in [2.75, 3.05) is 0 Å². The molecular weight excluding hydrogens is 188 g/mol. The summed E-state index contributed by atoms with van der Waals surface area (Å²) in [5, 5.41) is 14.1. The van der Waals surface area contributed by atoms with Crippen LogP contribution in [0.15, 0.2) is 16.9 Å². The Hall–Kier alpha value is -2.18. The first-order valence-electron chi connectivity index (χ1n) is 3.82. The number of rotatable bonds is 1. The Morgan fingerprint density at radius 1 is 1.57 bits per heavy atom. The first-order valence-corrected chi connectivity index (χ1v) is 3.82. The molecule has 0 saturated carbocycles. The molecule has 0 fully saturated rings. The Morgan fingerprint density at radius 2 is 2.29 bits per heavy atom. The van der Waals surface area contributed by atoms with E-state index in [1.165, 1.54) is 16.6 Å². The zero-order valence-electron chi connectivity index (χ0n) is 7.22. The van der Waals surface area contributed by atoms with Crippen LogP contribution in [0.2, 0.25) is 0 Å². The number of fused-ring (bicyclic) bond motifs is 1. The molecule has 7 nitrogen and oxygen atoms in total. The van der Waals surface area contributed by atoms with Crippen molar-refractivity contribution in [2.45, 2.75) is 6.92 Å². The molecule has 0 amide bonds. The Balaban J connectivity index is 2.83. The topological polar surface area (TPSA) is 93.3 Å². The van der Waals surface area contributed by atoms with Crippen LogP contribution in [0.3, 0.4) is 0 Å². The van der Waals surface area contributed by atoms with Crippen LogP contribution in [0.25, 0.3) is 5.65 Å². The summed E-state index contributed by atoms with van der Waals surface area (Å²) in [5.74, 6) is -0.282. The largest absolute Gasteiger partial charge is 0.392 e. The van der Waals surface area contributed by atoms with Crippen molar-refractivity contribution in [3.63, 3.8) is 0 Å². The molecule has 0 unspecified atom stereocenters. The molecule has 1 N–H and O–H groups in total. The SMILES string of the molecule is Cc1cc(=O)[nH]c2cc([N+](=O)[O-])nn12. The summed E-state index contributed by atoms with van der Waals surface area (Å²) >= 11 is 0. The van der Waals surface area contributed by atoms with Gasteiger partial charge in [0.2, 0.25) is 0 Å². The number of nitro groups is 1. The third-order valence-electron chi connectivity index (χ3n) is 1.81.